The largest absolute Gasteiger partial charge is 0.508 e. The van der Waals surface area contributed by atoms with Gasteiger partial charge in [-0.25, -0.2) is 4.39 Å². The molecule has 66 valence electrons. The van der Waals surface area contributed by atoms with E-state index in [0.29, 0.717) is 6.61 Å². The van der Waals surface area contributed by atoms with E-state index in [2.05, 4.69) is 0 Å². The average Bonchev–Trinajstić information content (AvgIpc) is 2.03. The molecule has 0 heterocycles. The number of hydrogen-bond donors (Lipinski definition) is 1. The van der Waals surface area contributed by atoms with Crippen molar-refractivity contribution >= 4 is 0 Å². The fourth-order valence-corrected chi connectivity index (χ4v) is 0.819. The van der Waals surface area contributed by atoms with Crippen LogP contribution in [0.1, 0.15) is 13.3 Å². The van der Waals surface area contributed by atoms with E-state index < -0.39 is 5.82 Å². The number of hydrogen-bond acceptors (Lipinski definition) is 2. The van der Waals surface area contributed by atoms with Gasteiger partial charge in [0.05, 0.1) is 6.61 Å². The van der Waals surface area contributed by atoms with Crippen LogP contribution in [0, 0.1) is 5.82 Å². The second-order valence-electron chi connectivity index (χ2n) is 2.46. The fraction of sp³-hybridized carbons (Fsp3) is 0.333. The highest BCUT2D eigenvalue weighted by Crippen LogP contribution is 2.21. The lowest BCUT2D eigenvalue weighted by atomic mass is 10.3. The van der Waals surface area contributed by atoms with Gasteiger partial charge < -0.3 is 9.84 Å². The fourth-order valence-electron chi connectivity index (χ4n) is 0.819. The van der Waals surface area contributed by atoms with E-state index in [4.69, 9.17) is 9.84 Å². The van der Waals surface area contributed by atoms with E-state index in [1.807, 2.05) is 6.92 Å². The lowest BCUT2D eigenvalue weighted by Gasteiger charge is -2.04. The summed E-state index contributed by atoms with van der Waals surface area (Å²) in [5.41, 5.74) is 0. The highest BCUT2D eigenvalue weighted by Gasteiger charge is 2.02. The Labute approximate surface area is 70.6 Å². The summed E-state index contributed by atoms with van der Waals surface area (Å²) in [5.74, 6) is -0.422. The molecule has 3 heteroatoms. The van der Waals surface area contributed by atoms with E-state index in [0.717, 1.165) is 12.5 Å². The summed E-state index contributed by atoms with van der Waals surface area (Å²) in [7, 11) is 0. The minimum absolute atomic E-state index is 0.0867. The molecule has 1 rings (SSSR count). The maximum absolute atomic E-state index is 12.9. The van der Waals surface area contributed by atoms with Gasteiger partial charge >= 0.3 is 0 Å². The highest BCUT2D eigenvalue weighted by atomic mass is 19.1. The highest BCUT2D eigenvalue weighted by molar-refractivity contribution is 5.31. The minimum atomic E-state index is -0.525. The summed E-state index contributed by atoms with van der Waals surface area (Å²) in [6, 6.07) is 3.85. The maximum atomic E-state index is 12.9. The lowest BCUT2D eigenvalue weighted by Crippen LogP contribution is -1.96. The summed E-state index contributed by atoms with van der Waals surface area (Å²) >= 11 is 0. The molecule has 0 aliphatic heterocycles. The predicted molar refractivity (Wildman–Crippen MR) is 43.9 cm³/mol. The van der Waals surface area contributed by atoms with E-state index in [1.54, 1.807) is 0 Å². The molecule has 0 aromatic heterocycles. The van der Waals surface area contributed by atoms with Gasteiger partial charge in [-0.05, 0) is 18.6 Å². The third kappa shape index (κ3) is 2.12. The molecule has 0 aliphatic rings. The van der Waals surface area contributed by atoms with Crippen LogP contribution in [-0.2, 0) is 0 Å². The van der Waals surface area contributed by atoms with E-state index in [9.17, 15) is 4.39 Å². The Morgan fingerprint density at radius 2 is 2.25 bits per heavy atom. The first kappa shape index (κ1) is 8.84. The monoisotopic (exact) mass is 170 g/mol. The van der Waals surface area contributed by atoms with Crippen molar-refractivity contribution in [3.63, 3.8) is 0 Å². The number of benzene rings is 1. The number of phenols is 1. The van der Waals surface area contributed by atoms with Crippen molar-refractivity contribution in [2.45, 2.75) is 13.3 Å². The Kier molecular flexibility index (Phi) is 2.91. The van der Waals surface area contributed by atoms with Crippen LogP contribution in [0.2, 0.25) is 0 Å². The van der Waals surface area contributed by atoms with Crippen LogP contribution in [0.4, 0.5) is 4.39 Å². The van der Waals surface area contributed by atoms with Gasteiger partial charge in [0.2, 0.25) is 0 Å². The standard InChI is InChI=1S/C9H11FO2/c1-2-5-12-9-4-3-7(11)6-8(9)10/h3-4,6,11H,2,5H2,1H3. The zero-order chi connectivity index (χ0) is 8.97. The molecular formula is C9H11FO2. The molecule has 2 nitrogen and oxygen atoms in total. The maximum Gasteiger partial charge on any atom is 0.168 e. The second-order valence-corrected chi connectivity index (χ2v) is 2.46. The van der Waals surface area contributed by atoms with Crippen molar-refractivity contribution in [1.29, 1.82) is 0 Å². The van der Waals surface area contributed by atoms with Gasteiger partial charge in [0.1, 0.15) is 5.75 Å². The molecule has 12 heavy (non-hydrogen) atoms. The van der Waals surface area contributed by atoms with Crippen LogP contribution in [0.25, 0.3) is 0 Å². The van der Waals surface area contributed by atoms with Crippen LogP contribution < -0.4 is 4.74 Å². The molecule has 1 aromatic carbocycles. The number of ether oxygens (including phenoxy) is 1. The first-order valence-corrected chi connectivity index (χ1v) is 3.85. The smallest absolute Gasteiger partial charge is 0.168 e. The van der Waals surface area contributed by atoms with Gasteiger partial charge in [0.15, 0.2) is 11.6 Å². The molecule has 0 aliphatic carbocycles. The Morgan fingerprint density at radius 3 is 2.83 bits per heavy atom. The molecule has 0 saturated heterocycles. The molecule has 0 fully saturated rings. The molecule has 0 bridgehead atoms. The molecule has 0 atom stereocenters. The van der Waals surface area contributed by atoms with Crippen molar-refractivity contribution < 1.29 is 14.2 Å². The van der Waals surface area contributed by atoms with Crippen LogP contribution in [0.3, 0.4) is 0 Å². The zero-order valence-corrected chi connectivity index (χ0v) is 6.88. The molecule has 1 N–H and O–H groups in total. The van der Waals surface area contributed by atoms with Crippen molar-refractivity contribution in [2.75, 3.05) is 6.61 Å². The summed E-state index contributed by atoms with van der Waals surface area (Å²) in [6.07, 6.45) is 0.834. The first-order chi connectivity index (χ1) is 5.74. The lowest BCUT2D eigenvalue weighted by molar-refractivity contribution is 0.300. The number of phenolic OH excluding ortho intramolecular Hbond substituents is 1. The molecule has 0 unspecified atom stereocenters. The van der Waals surface area contributed by atoms with E-state index >= 15 is 0 Å². The van der Waals surface area contributed by atoms with Crippen LogP contribution in [-0.4, -0.2) is 11.7 Å². The van der Waals surface area contributed by atoms with Crippen LogP contribution >= 0.6 is 0 Å². The van der Waals surface area contributed by atoms with Gasteiger partial charge in [-0.15, -0.1) is 0 Å². The topological polar surface area (TPSA) is 29.5 Å². The molecule has 0 saturated carbocycles. The van der Waals surface area contributed by atoms with Gasteiger partial charge in [0.25, 0.3) is 0 Å². The normalized spacial score (nSPS) is 9.83. The van der Waals surface area contributed by atoms with Crippen molar-refractivity contribution in [1.82, 2.24) is 0 Å². The van der Waals surface area contributed by atoms with Crippen LogP contribution in [0.5, 0.6) is 11.5 Å². The minimum Gasteiger partial charge on any atom is -0.508 e. The Bertz CT molecular complexity index is 261. The SMILES string of the molecule is CCCOc1ccc(O)cc1F. The molecule has 1 aromatic rings. The Balaban J connectivity index is 2.72. The number of rotatable bonds is 3. The molecule has 0 spiro atoms. The van der Waals surface area contributed by atoms with Crippen LogP contribution in [0.15, 0.2) is 18.2 Å². The summed E-state index contributed by atoms with van der Waals surface area (Å²) < 4.78 is 17.9. The van der Waals surface area contributed by atoms with Crippen molar-refractivity contribution in [3.8, 4) is 11.5 Å². The van der Waals surface area contributed by atoms with Gasteiger partial charge in [-0.2, -0.15) is 0 Å². The van der Waals surface area contributed by atoms with Gasteiger partial charge in [0, 0.05) is 6.07 Å². The average molecular weight is 170 g/mol. The quantitative estimate of drug-likeness (QED) is 0.754. The summed E-state index contributed by atoms with van der Waals surface area (Å²) in [6.45, 7) is 2.43. The van der Waals surface area contributed by atoms with Crippen molar-refractivity contribution in [3.05, 3.63) is 24.0 Å². The van der Waals surface area contributed by atoms with Crippen molar-refractivity contribution in [2.24, 2.45) is 0 Å². The van der Waals surface area contributed by atoms with E-state index in [-0.39, 0.29) is 11.5 Å². The molecular weight excluding hydrogens is 159 g/mol. The third-order valence-electron chi connectivity index (χ3n) is 1.38. The number of halogens is 1. The molecule has 0 amide bonds. The Hall–Kier alpha value is -1.25. The Morgan fingerprint density at radius 1 is 1.50 bits per heavy atom. The predicted octanol–water partition coefficient (Wildman–Crippen LogP) is 2.32. The third-order valence-corrected chi connectivity index (χ3v) is 1.38. The summed E-state index contributed by atoms with van der Waals surface area (Å²) in [5, 5.41) is 8.87. The molecule has 0 radical (unpaired) electrons. The first-order valence-electron chi connectivity index (χ1n) is 3.85. The van der Waals surface area contributed by atoms with E-state index in [1.165, 1.54) is 12.1 Å². The summed E-state index contributed by atoms with van der Waals surface area (Å²) in [4.78, 5) is 0. The number of aromatic hydroxyl groups is 1. The van der Waals surface area contributed by atoms with Gasteiger partial charge in [-0.3, -0.25) is 0 Å². The zero-order valence-electron chi connectivity index (χ0n) is 6.88. The second kappa shape index (κ2) is 3.95. The van der Waals surface area contributed by atoms with Gasteiger partial charge in [-0.1, -0.05) is 6.92 Å².